The van der Waals surface area contributed by atoms with Gasteiger partial charge >= 0.3 is 6.03 Å². The molecule has 1 atom stereocenters. The van der Waals surface area contributed by atoms with Crippen LogP contribution in [-0.2, 0) is 4.79 Å². The fourth-order valence-corrected chi connectivity index (χ4v) is 3.78. The molecular formula is C20H29N3O3. The van der Waals surface area contributed by atoms with Crippen LogP contribution in [0.5, 0.6) is 5.75 Å². The van der Waals surface area contributed by atoms with Crippen molar-refractivity contribution in [2.75, 3.05) is 24.6 Å². The van der Waals surface area contributed by atoms with E-state index in [0.29, 0.717) is 32.2 Å². The summed E-state index contributed by atoms with van der Waals surface area (Å²) in [6, 6.07) is 7.78. The summed E-state index contributed by atoms with van der Waals surface area (Å²) in [5.74, 6) is 1.06. The van der Waals surface area contributed by atoms with Crippen LogP contribution in [0.15, 0.2) is 24.3 Å². The molecular weight excluding hydrogens is 330 g/mol. The van der Waals surface area contributed by atoms with E-state index in [2.05, 4.69) is 10.6 Å². The molecule has 1 saturated carbocycles. The van der Waals surface area contributed by atoms with Crippen molar-refractivity contribution in [3.63, 3.8) is 0 Å². The molecule has 1 saturated heterocycles. The highest BCUT2D eigenvalue weighted by Crippen LogP contribution is 2.26. The number of carbonyl (C=O) groups is 2. The molecule has 1 aromatic carbocycles. The van der Waals surface area contributed by atoms with E-state index in [9.17, 15) is 9.59 Å². The van der Waals surface area contributed by atoms with Crippen LogP contribution in [0, 0.1) is 5.92 Å². The topological polar surface area (TPSA) is 70.7 Å². The smallest absolute Gasteiger partial charge is 0.315 e. The van der Waals surface area contributed by atoms with E-state index >= 15 is 0 Å². The Morgan fingerprint density at radius 1 is 1.19 bits per heavy atom. The zero-order chi connectivity index (χ0) is 18.4. The molecule has 0 bridgehead atoms. The number of rotatable bonds is 6. The highest BCUT2D eigenvalue weighted by molar-refractivity contribution is 5.95. The Kier molecular flexibility index (Phi) is 6.36. The lowest BCUT2D eigenvalue weighted by molar-refractivity contribution is -0.117. The number of hydrogen-bond donors (Lipinski definition) is 2. The largest absolute Gasteiger partial charge is 0.494 e. The van der Waals surface area contributed by atoms with E-state index in [1.807, 2.05) is 31.2 Å². The van der Waals surface area contributed by atoms with Crippen LogP contribution in [0.25, 0.3) is 0 Å². The second-order valence-corrected chi connectivity index (χ2v) is 7.19. The molecule has 0 radical (unpaired) electrons. The van der Waals surface area contributed by atoms with Gasteiger partial charge in [0.15, 0.2) is 0 Å². The maximum Gasteiger partial charge on any atom is 0.315 e. The summed E-state index contributed by atoms with van der Waals surface area (Å²) in [5, 5.41) is 5.99. The van der Waals surface area contributed by atoms with Gasteiger partial charge in [-0.1, -0.05) is 19.3 Å². The minimum Gasteiger partial charge on any atom is -0.494 e. The second kappa shape index (κ2) is 8.92. The van der Waals surface area contributed by atoms with Gasteiger partial charge in [-0.15, -0.1) is 0 Å². The lowest BCUT2D eigenvalue weighted by atomic mass is 9.96. The third-order valence-corrected chi connectivity index (χ3v) is 5.16. The lowest BCUT2D eigenvalue weighted by Crippen LogP contribution is -2.44. The fraction of sp³-hybridized carbons (Fsp3) is 0.600. The van der Waals surface area contributed by atoms with E-state index in [1.165, 1.54) is 19.3 Å². The van der Waals surface area contributed by atoms with Gasteiger partial charge < -0.3 is 20.3 Å². The molecule has 1 aliphatic heterocycles. The van der Waals surface area contributed by atoms with Gasteiger partial charge in [0.1, 0.15) is 5.75 Å². The van der Waals surface area contributed by atoms with Gasteiger partial charge in [-0.05, 0) is 44.0 Å². The monoisotopic (exact) mass is 359 g/mol. The van der Waals surface area contributed by atoms with E-state index in [4.69, 9.17) is 4.74 Å². The normalized spacial score (nSPS) is 20.9. The molecule has 2 N–H and O–H groups in total. The Bertz CT molecular complexity index is 611. The van der Waals surface area contributed by atoms with Crippen LogP contribution in [0.2, 0.25) is 0 Å². The Morgan fingerprint density at radius 3 is 2.62 bits per heavy atom. The lowest BCUT2D eigenvalue weighted by Gasteiger charge is -2.23. The van der Waals surface area contributed by atoms with Gasteiger partial charge in [0.05, 0.1) is 6.61 Å². The van der Waals surface area contributed by atoms with Crippen LogP contribution in [0.1, 0.15) is 45.4 Å². The van der Waals surface area contributed by atoms with E-state index in [1.54, 1.807) is 4.90 Å². The third-order valence-electron chi connectivity index (χ3n) is 5.16. The molecule has 2 aliphatic rings. The number of hydrogen-bond acceptors (Lipinski definition) is 3. The van der Waals surface area contributed by atoms with Crippen molar-refractivity contribution in [1.29, 1.82) is 0 Å². The molecule has 0 aromatic heterocycles. The molecule has 142 valence electrons. The van der Waals surface area contributed by atoms with Crippen molar-refractivity contribution >= 4 is 17.6 Å². The van der Waals surface area contributed by atoms with Gasteiger partial charge in [-0.2, -0.15) is 0 Å². The number of carbonyl (C=O) groups excluding carboxylic acids is 2. The van der Waals surface area contributed by atoms with Gasteiger partial charge in [-0.3, -0.25) is 4.79 Å². The predicted octanol–water partition coefficient (Wildman–Crippen LogP) is 3.07. The third kappa shape index (κ3) is 4.90. The van der Waals surface area contributed by atoms with Gasteiger partial charge in [0, 0.05) is 37.2 Å². The molecule has 6 heteroatoms. The molecule has 6 nitrogen and oxygen atoms in total. The van der Waals surface area contributed by atoms with Crippen molar-refractivity contribution in [3.8, 4) is 5.75 Å². The molecule has 1 heterocycles. The molecule has 2 fully saturated rings. The Labute approximate surface area is 155 Å². The molecule has 3 amide bonds. The fourth-order valence-electron chi connectivity index (χ4n) is 3.78. The second-order valence-electron chi connectivity index (χ2n) is 7.19. The maximum absolute atomic E-state index is 12.3. The zero-order valence-corrected chi connectivity index (χ0v) is 15.5. The summed E-state index contributed by atoms with van der Waals surface area (Å²) in [6.45, 7) is 3.73. The summed E-state index contributed by atoms with van der Waals surface area (Å²) < 4.78 is 5.44. The van der Waals surface area contributed by atoms with E-state index in [-0.39, 0.29) is 17.9 Å². The van der Waals surface area contributed by atoms with Crippen LogP contribution < -0.4 is 20.3 Å². The van der Waals surface area contributed by atoms with Crippen molar-refractivity contribution in [1.82, 2.24) is 10.6 Å². The Morgan fingerprint density at radius 2 is 1.92 bits per heavy atom. The first kappa shape index (κ1) is 18.5. The Balaban J connectivity index is 1.45. The van der Waals surface area contributed by atoms with Gasteiger partial charge in [0.25, 0.3) is 0 Å². The van der Waals surface area contributed by atoms with Crippen molar-refractivity contribution in [3.05, 3.63) is 24.3 Å². The highest BCUT2D eigenvalue weighted by Gasteiger charge is 2.30. The molecule has 1 unspecified atom stereocenters. The molecule has 0 spiro atoms. The van der Waals surface area contributed by atoms with Gasteiger partial charge in [0.2, 0.25) is 5.91 Å². The van der Waals surface area contributed by atoms with Crippen molar-refractivity contribution in [2.45, 2.75) is 51.5 Å². The first-order valence-corrected chi connectivity index (χ1v) is 9.73. The number of benzene rings is 1. The standard InChI is InChI=1S/C20H29N3O3/c1-2-26-18-10-8-17(9-11-18)23-14-15(12-19(23)24)13-21-20(25)22-16-6-4-3-5-7-16/h8-11,15-16H,2-7,12-14H2,1H3,(H2,21,22,25). The number of amides is 3. The Hall–Kier alpha value is -2.24. The number of ether oxygens (including phenoxy) is 1. The summed E-state index contributed by atoms with van der Waals surface area (Å²) in [5.41, 5.74) is 0.882. The van der Waals surface area contributed by atoms with Crippen molar-refractivity contribution in [2.24, 2.45) is 5.92 Å². The average molecular weight is 359 g/mol. The number of urea groups is 1. The van der Waals surface area contributed by atoms with E-state index in [0.717, 1.165) is 24.3 Å². The average Bonchev–Trinajstić information content (AvgIpc) is 3.03. The number of nitrogens with one attached hydrogen (secondary N) is 2. The van der Waals surface area contributed by atoms with Crippen LogP contribution in [0.4, 0.5) is 10.5 Å². The molecule has 1 aromatic rings. The summed E-state index contributed by atoms with van der Waals surface area (Å²) in [6.07, 6.45) is 6.27. The summed E-state index contributed by atoms with van der Waals surface area (Å²) in [4.78, 5) is 26.2. The van der Waals surface area contributed by atoms with Crippen LogP contribution >= 0.6 is 0 Å². The van der Waals surface area contributed by atoms with Crippen LogP contribution in [0.3, 0.4) is 0 Å². The number of nitrogens with zero attached hydrogens (tertiary/aromatic N) is 1. The minimum atomic E-state index is -0.108. The van der Waals surface area contributed by atoms with Crippen molar-refractivity contribution < 1.29 is 14.3 Å². The maximum atomic E-state index is 12.3. The van der Waals surface area contributed by atoms with E-state index < -0.39 is 0 Å². The molecule has 1 aliphatic carbocycles. The summed E-state index contributed by atoms with van der Waals surface area (Å²) >= 11 is 0. The number of anilines is 1. The van der Waals surface area contributed by atoms with Gasteiger partial charge in [-0.25, -0.2) is 4.79 Å². The predicted molar refractivity (Wildman–Crippen MR) is 101 cm³/mol. The minimum absolute atomic E-state index is 0.105. The first-order valence-electron chi connectivity index (χ1n) is 9.73. The quantitative estimate of drug-likeness (QED) is 0.820. The SMILES string of the molecule is CCOc1ccc(N2CC(CNC(=O)NC3CCCCC3)CC2=O)cc1. The summed E-state index contributed by atoms with van der Waals surface area (Å²) in [7, 11) is 0. The first-order chi connectivity index (χ1) is 12.7. The molecule has 3 rings (SSSR count). The highest BCUT2D eigenvalue weighted by atomic mass is 16.5. The molecule has 26 heavy (non-hydrogen) atoms. The zero-order valence-electron chi connectivity index (χ0n) is 15.5. The van der Waals surface area contributed by atoms with Crippen LogP contribution in [-0.4, -0.2) is 37.7 Å².